The lowest BCUT2D eigenvalue weighted by atomic mass is 9.87. The van der Waals surface area contributed by atoms with E-state index < -0.39 is 11.6 Å². The molecule has 0 spiro atoms. The summed E-state index contributed by atoms with van der Waals surface area (Å²) >= 11 is 0. The largest absolute Gasteiger partial charge is 0.310 e. The van der Waals surface area contributed by atoms with Crippen molar-refractivity contribution in [3.8, 4) is 0 Å². The zero-order valence-electron chi connectivity index (χ0n) is 8.76. The standard InChI is InChI=1S/C12H15F2N/c1-8-4-3-7-15-12(8)9-5-2-6-10(13)11(9)14/h2,5-6,8,12,15H,3-4,7H2,1H3. The van der Waals surface area contributed by atoms with Crippen molar-refractivity contribution < 1.29 is 8.78 Å². The molecule has 2 rings (SSSR count). The van der Waals surface area contributed by atoms with Gasteiger partial charge in [-0.2, -0.15) is 0 Å². The molecular formula is C12H15F2N. The summed E-state index contributed by atoms with van der Waals surface area (Å²) in [4.78, 5) is 0. The molecule has 1 fully saturated rings. The van der Waals surface area contributed by atoms with Gasteiger partial charge in [0.25, 0.3) is 0 Å². The minimum Gasteiger partial charge on any atom is -0.310 e. The summed E-state index contributed by atoms with van der Waals surface area (Å²) in [7, 11) is 0. The van der Waals surface area contributed by atoms with Crippen LogP contribution < -0.4 is 5.32 Å². The molecular weight excluding hydrogens is 196 g/mol. The number of nitrogens with one attached hydrogen (secondary N) is 1. The van der Waals surface area contributed by atoms with Crippen molar-refractivity contribution in [3.05, 3.63) is 35.4 Å². The molecule has 2 atom stereocenters. The Labute approximate surface area is 88.5 Å². The van der Waals surface area contributed by atoms with Crippen molar-refractivity contribution in [1.82, 2.24) is 5.32 Å². The van der Waals surface area contributed by atoms with E-state index in [1.165, 1.54) is 0 Å². The molecule has 0 aliphatic carbocycles. The van der Waals surface area contributed by atoms with Gasteiger partial charge in [-0.15, -0.1) is 0 Å². The maximum absolute atomic E-state index is 13.5. The molecule has 1 aliphatic heterocycles. The molecule has 1 N–H and O–H groups in total. The highest BCUT2D eigenvalue weighted by Crippen LogP contribution is 2.30. The van der Waals surface area contributed by atoms with Gasteiger partial charge in [0, 0.05) is 11.6 Å². The SMILES string of the molecule is CC1CCCNC1c1cccc(F)c1F. The summed E-state index contributed by atoms with van der Waals surface area (Å²) in [5, 5.41) is 3.25. The fourth-order valence-electron chi connectivity index (χ4n) is 2.23. The second kappa shape index (κ2) is 4.27. The van der Waals surface area contributed by atoms with Gasteiger partial charge in [0.15, 0.2) is 11.6 Å². The number of rotatable bonds is 1. The molecule has 1 heterocycles. The first-order valence-corrected chi connectivity index (χ1v) is 5.37. The second-order valence-electron chi connectivity index (χ2n) is 4.19. The predicted octanol–water partition coefficient (Wildman–Crippen LogP) is 3.03. The van der Waals surface area contributed by atoms with Crippen LogP contribution in [-0.4, -0.2) is 6.54 Å². The first-order chi connectivity index (χ1) is 7.20. The zero-order chi connectivity index (χ0) is 10.8. The van der Waals surface area contributed by atoms with E-state index in [0.717, 1.165) is 25.5 Å². The summed E-state index contributed by atoms with van der Waals surface area (Å²) in [5.41, 5.74) is 0.460. The van der Waals surface area contributed by atoms with E-state index in [1.807, 2.05) is 0 Å². The second-order valence-corrected chi connectivity index (χ2v) is 4.19. The fourth-order valence-corrected chi connectivity index (χ4v) is 2.23. The van der Waals surface area contributed by atoms with E-state index in [4.69, 9.17) is 0 Å². The van der Waals surface area contributed by atoms with E-state index in [-0.39, 0.29) is 6.04 Å². The average Bonchev–Trinajstić information content (AvgIpc) is 2.23. The lowest BCUT2D eigenvalue weighted by Gasteiger charge is -2.30. The van der Waals surface area contributed by atoms with Gasteiger partial charge in [0.2, 0.25) is 0 Å². The molecule has 1 nitrogen and oxygen atoms in total. The number of halogens is 2. The molecule has 0 bridgehead atoms. The Kier molecular flexibility index (Phi) is 3.00. The molecule has 0 saturated carbocycles. The molecule has 1 aliphatic rings. The van der Waals surface area contributed by atoms with Crippen LogP contribution in [0.2, 0.25) is 0 Å². The number of hydrogen-bond donors (Lipinski definition) is 1. The van der Waals surface area contributed by atoms with Crippen molar-refractivity contribution in [3.63, 3.8) is 0 Å². The van der Waals surface area contributed by atoms with Crippen molar-refractivity contribution >= 4 is 0 Å². The van der Waals surface area contributed by atoms with Crippen LogP contribution in [0.15, 0.2) is 18.2 Å². The van der Waals surface area contributed by atoms with Crippen LogP contribution in [0.25, 0.3) is 0 Å². The molecule has 1 aromatic carbocycles. The van der Waals surface area contributed by atoms with E-state index in [0.29, 0.717) is 11.5 Å². The van der Waals surface area contributed by atoms with Crippen molar-refractivity contribution in [2.75, 3.05) is 6.54 Å². The van der Waals surface area contributed by atoms with Gasteiger partial charge in [-0.1, -0.05) is 19.1 Å². The topological polar surface area (TPSA) is 12.0 Å². The molecule has 2 unspecified atom stereocenters. The third-order valence-electron chi connectivity index (χ3n) is 3.09. The lowest BCUT2D eigenvalue weighted by molar-refractivity contribution is 0.296. The first-order valence-electron chi connectivity index (χ1n) is 5.37. The van der Waals surface area contributed by atoms with Crippen LogP contribution in [0.4, 0.5) is 8.78 Å². The van der Waals surface area contributed by atoms with Gasteiger partial charge in [0.05, 0.1) is 0 Å². The van der Waals surface area contributed by atoms with E-state index >= 15 is 0 Å². The predicted molar refractivity (Wildman–Crippen MR) is 55.5 cm³/mol. The van der Waals surface area contributed by atoms with E-state index in [2.05, 4.69) is 12.2 Å². The summed E-state index contributed by atoms with van der Waals surface area (Å²) in [6, 6.07) is 4.34. The molecule has 15 heavy (non-hydrogen) atoms. The minimum atomic E-state index is -0.757. The number of hydrogen-bond acceptors (Lipinski definition) is 1. The Morgan fingerprint density at radius 1 is 1.33 bits per heavy atom. The summed E-state index contributed by atoms with van der Waals surface area (Å²) in [6.45, 7) is 2.95. The molecule has 82 valence electrons. The third-order valence-corrected chi connectivity index (χ3v) is 3.09. The van der Waals surface area contributed by atoms with Gasteiger partial charge in [-0.25, -0.2) is 8.78 Å². The van der Waals surface area contributed by atoms with Gasteiger partial charge < -0.3 is 5.32 Å². The highest BCUT2D eigenvalue weighted by atomic mass is 19.2. The zero-order valence-corrected chi connectivity index (χ0v) is 8.76. The van der Waals surface area contributed by atoms with Crippen LogP contribution in [-0.2, 0) is 0 Å². The van der Waals surface area contributed by atoms with Crippen molar-refractivity contribution in [2.45, 2.75) is 25.8 Å². The first kappa shape index (κ1) is 10.6. The minimum absolute atomic E-state index is 0.0468. The van der Waals surface area contributed by atoms with Crippen LogP contribution in [0.3, 0.4) is 0 Å². The quantitative estimate of drug-likeness (QED) is 0.753. The van der Waals surface area contributed by atoms with Gasteiger partial charge >= 0.3 is 0 Å². The van der Waals surface area contributed by atoms with E-state index in [9.17, 15) is 8.78 Å². The molecule has 0 amide bonds. The lowest BCUT2D eigenvalue weighted by Crippen LogP contribution is -2.33. The van der Waals surface area contributed by atoms with Crippen molar-refractivity contribution in [2.24, 2.45) is 5.92 Å². The van der Waals surface area contributed by atoms with Crippen LogP contribution in [0.5, 0.6) is 0 Å². The fraction of sp³-hybridized carbons (Fsp3) is 0.500. The highest BCUT2D eigenvalue weighted by Gasteiger charge is 2.25. The summed E-state index contributed by atoms with van der Waals surface area (Å²) in [6.07, 6.45) is 2.17. The number of piperidine rings is 1. The Hall–Kier alpha value is -0.960. The Morgan fingerprint density at radius 2 is 2.13 bits per heavy atom. The third kappa shape index (κ3) is 2.02. The average molecular weight is 211 g/mol. The van der Waals surface area contributed by atoms with Crippen LogP contribution in [0.1, 0.15) is 31.4 Å². The molecule has 1 aromatic rings. The Morgan fingerprint density at radius 3 is 2.87 bits per heavy atom. The number of benzene rings is 1. The monoisotopic (exact) mass is 211 g/mol. The smallest absolute Gasteiger partial charge is 0.163 e. The molecule has 1 saturated heterocycles. The Bertz CT molecular complexity index is 351. The summed E-state index contributed by atoms with van der Waals surface area (Å²) in [5.74, 6) is -1.11. The molecule has 0 radical (unpaired) electrons. The molecule has 0 aromatic heterocycles. The van der Waals surface area contributed by atoms with Gasteiger partial charge in [0.1, 0.15) is 0 Å². The molecule has 3 heteroatoms. The Balaban J connectivity index is 2.31. The maximum atomic E-state index is 13.5. The van der Waals surface area contributed by atoms with E-state index in [1.54, 1.807) is 12.1 Å². The van der Waals surface area contributed by atoms with Gasteiger partial charge in [-0.05, 0) is 31.4 Å². The van der Waals surface area contributed by atoms with Crippen LogP contribution >= 0.6 is 0 Å². The summed E-state index contributed by atoms with van der Waals surface area (Å²) < 4.78 is 26.6. The van der Waals surface area contributed by atoms with Crippen LogP contribution in [0, 0.1) is 17.6 Å². The van der Waals surface area contributed by atoms with Crippen molar-refractivity contribution in [1.29, 1.82) is 0 Å². The van der Waals surface area contributed by atoms with Gasteiger partial charge in [-0.3, -0.25) is 0 Å². The normalized spacial score (nSPS) is 26.6. The highest BCUT2D eigenvalue weighted by molar-refractivity contribution is 5.23. The maximum Gasteiger partial charge on any atom is 0.163 e.